The van der Waals surface area contributed by atoms with Gasteiger partial charge in [-0.3, -0.25) is 0 Å². The second-order valence-corrected chi connectivity index (χ2v) is 18.5. The quantitative estimate of drug-likeness (QED) is 0.131. The summed E-state index contributed by atoms with van der Waals surface area (Å²) in [6.45, 7) is 25.4. The molecule has 10 nitrogen and oxygen atoms in total. The Morgan fingerprint density at radius 1 is 0.500 bits per heavy atom. The third kappa shape index (κ3) is 10.3. The predicted octanol–water partition coefficient (Wildman–Crippen LogP) is 8.81. The Labute approximate surface area is 309 Å². The lowest BCUT2D eigenvalue weighted by molar-refractivity contribution is 0.420. The van der Waals surface area contributed by atoms with Crippen molar-refractivity contribution in [2.75, 3.05) is 0 Å². The summed E-state index contributed by atoms with van der Waals surface area (Å²) in [4.78, 5) is 25.3. The van der Waals surface area contributed by atoms with E-state index in [0.717, 1.165) is 71.9 Å². The van der Waals surface area contributed by atoms with E-state index in [4.69, 9.17) is 8.83 Å². The first kappa shape index (κ1) is 40.7. The molecular formula is C42H62N4O6. The first-order valence-corrected chi connectivity index (χ1v) is 18.8. The second kappa shape index (κ2) is 15.5. The number of hydrogen-bond donors (Lipinski definition) is 2. The summed E-state index contributed by atoms with van der Waals surface area (Å²) >= 11 is 0. The van der Waals surface area contributed by atoms with Crippen LogP contribution in [0.1, 0.15) is 167 Å². The van der Waals surface area contributed by atoms with Gasteiger partial charge in [0.2, 0.25) is 11.8 Å². The Balaban J connectivity index is 1.25. The number of nitrogens with zero attached hydrogens (tertiary/aromatic N) is 4. The second-order valence-electron chi connectivity index (χ2n) is 18.5. The maximum absolute atomic E-state index is 12.7. The van der Waals surface area contributed by atoms with Gasteiger partial charge in [-0.1, -0.05) is 109 Å². The number of rotatable bonds is 13. The zero-order valence-corrected chi connectivity index (χ0v) is 33.7. The summed E-state index contributed by atoms with van der Waals surface area (Å²) in [5.41, 5.74) is 4.16. The lowest BCUT2D eigenvalue weighted by Crippen LogP contribution is -2.20. The van der Waals surface area contributed by atoms with Crippen LogP contribution >= 0.6 is 0 Å². The smallest absolute Gasteiger partial charge is 0.437 e. The van der Waals surface area contributed by atoms with Crippen LogP contribution in [0.5, 0.6) is 11.5 Å². The van der Waals surface area contributed by atoms with Gasteiger partial charge in [0.05, 0.1) is 13.1 Å². The van der Waals surface area contributed by atoms with Gasteiger partial charge >= 0.3 is 11.5 Å². The molecule has 52 heavy (non-hydrogen) atoms. The number of hydrogen-bond acceptors (Lipinski definition) is 8. The number of unbranched alkanes of at least 4 members (excludes halogenated alkanes) is 5. The topological polar surface area (TPSA) is 137 Å². The molecule has 0 spiro atoms. The minimum atomic E-state index is -0.473. The van der Waals surface area contributed by atoms with Gasteiger partial charge in [0.25, 0.3) is 0 Å². The first-order valence-electron chi connectivity index (χ1n) is 18.8. The van der Waals surface area contributed by atoms with Crippen molar-refractivity contribution in [3.63, 3.8) is 0 Å². The maximum Gasteiger partial charge on any atom is 0.437 e. The van der Waals surface area contributed by atoms with Crippen molar-refractivity contribution < 1.29 is 19.0 Å². The normalized spacial score (nSPS) is 12.9. The Hall–Kier alpha value is -4.08. The summed E-state index contributed by atoms with van der Waals surface area (Å²) in [6, 6.07) is 7.86. The number of phenols is 2. The van der Waals surface area contributed by atoms with Crippen LogP contribution in [0.2, 0.25) is 0 Å². The van der Waals surface area contributed by atoms with E-state index in [1.807, 2.05) is 24.3 Å². The maximum atomic E-state index is 12.7. The van der Waals surface area contributed by atoms with Gasteiger partial charge < -0.3 is 19.0 Å². The molecule has 0 amide bonds. The van der Waals surface area contributed by atoms with Crippen LogP contribution in [-0.2, 0) is 47.6 Å². The van der Waals surface area contributed by atoms with Gasteiger partial charge in [-0.25, -0.2) is 9.59 Å². The van der Waals surface area contributed by atoms with Gasteiger partial charge in [-0.2, -0.15) is 9.36 Å². The molecule has 4 rings (SSSR count). The van der Waals surface area contributed by atoms with Crippen LogP contribution in [0, 0.1) is 0 Å². The molecule has 2 aromatic heterocycles. The summed E-state index contributed by atoms with van der Waals surface area (Å²) < 4.78 is 13.7. The molecule has 0 fully saturated rings. The molecule has 4 aromatic rings. The van der Waals surface area contributed by atoms with E-state index in [9.17, 15) is 19.8 Å². The van der Waals surface area contributed by atoms with Crippen molar-refractivity contribution in [3.8, 4) is 11.5 Å². The molecule has 2 heterocycles. The highest BCUT2D eigenvalue weighted by Crippen LogP contribution is 2.41. The lowest BCUT2D eigenvalue weighted by atomic mass is 9.78. The highest BCUT2D eigenvalue weighted by molar-refractivity contribution is 5.51. The first-order chi connectivity index (χ1) is 23.9. The molecule has 0 saturated carbocycles. The number of phenolic OH excluding ortho intramolecular Hbond substituents is 2. The number of aryl methyl sites for hydroxylation is 2. The van der Waals surface area contributed by atoms with E-state index in [1.54, 1.807) is 0 Å². The molecule has 0 aliphatic rings. The fourth-order valence-electron chi connectivity index (χ4n) is 6.56. The van der Waals surface area contributed by atoms with Crippen LogP contribution in [0.3, 0.4) is 0 Å². The summed E-state index contributed by atoms with van der Waals surface area (Å²) in [5, 5.41) is 31.0. The average Bonchev–Trinajstić information content (AvgIpc) is 3.53. The Morgan fingerprint density at radius 3 is 1.04 bits per heavy atom. The van der Waals surface area contributed by atoms with Crippen molar-refractivity contribution >= 4 is 0 Å². The monoisotopic (exact) mass is 718 g/mol. The molecule has 0 aliphatic heterocycles. The SMILES string of the molecule is CC(C)(C)c1cc(Cn2nc(CCCCCCCCc3nn(Cc4cc(C(C)(C)C)c(O)c(C(C)(C)C)c4)c(=O)o3)oc2=O)cc(C(C)(C)C)c1O. The molecule has 286 valence electrons. The lowest BCUT2D eigenvalue weighted by Gasteiger charge is -2.28. The molecular weight excluding hydrogens is 656 g/mol. The highest BCUT2D eigenvalue weighted by atomic mass is 16.4. The molecule has 2 N–H and O–H groups in total. The van der Waals surface area contributed by atoms with E-state index < -0.39 is 11.5 Å². The van der Waals surface area contributed by atoms with Gasteiger partial charge in [-0.15, -0.1) is 10.2 Å². The molecule has 0 aliphatic carbocycles. The molecule has 2 aromatic carbocycles. The van der Waals surface area contributed by atoms with Gasteiger partial charge in [0, 0.05) is 12.8 Å². The van der Waals surface area contributed by atoms with Crippen molar-refractivity contribution in [2.24, 2.45) is 0 Å². The highest BCUT2D eigenvalue weighted by Gasteiger charge is 2.28. The van der Waals surface area contributed by atoms with Crippen LogP contribution in [0.4, 0.5) is 0 Å². The Kier molecular flexibility index (Phi) is 12.1. The zero-order valence-electron chi connectivity index (χ0n) is 33.7. The van der Waals surface area contributed by atoms with E-state index in [0.29, 0.717) is 36.1 Å². The van der Waals surface area contributed by atoms with Crippen molar-refractivity contribution in [3.05, 3.63) is 90.5 Å². The van der Waals surface area contributed by atoms with Crippen LogP contribution in [0.25, 0.3) is 0 Å². The summed E-state index contributed by atoms with van der Waals surface area (Å²) in [7, 11) is 0. The van der Waals surface area contributed by atoms with Crippen molar-refractivity contribution in [1.82, 2.24) is 19.6 Å². The van der Waals surface area contributed by atoms with Crippen LogP contribution < -0.4 is 11.5 Å². The Morgan fingerprint density at radius 2 is 0.769 bits per heavy atom. The van der Waals surface area contributed by atoms with E-state index in [1.165, 1.54) is 9.36 Å². The Bertz CT molecular complexity index is 1740. The predicted molar refractivity (Wildman–Crippen MR) is 206 cm³/mol. The number of benzene rings is 2. The van der Waals surface area contributed by atoms with E-state index >= 15 is 0 Å². The van der Waals surface area contributed by atoms with Crippen LogP contribution in [0.15, 0.2) is 42.7 Å². The van der Waals surface area contributed by atoms with E-state index in [2.05, 4.69) is 93.3 Å². The molecule has 10 heteroatoms. The van der Waals surface area contributed by atoms with Gasteiger partial charge in [-0.05, 0) is 92.1 Å². The summed E-state index contributed by atoms with van der Waals surface area (Å²) in [5.74, 6) is 0.561. The molecule has 0 bridgehead atoms. The third-order valence-corrected chi connectivity index (χ3v) is 9.56. The molecule has 0 saturated heterocycles. The van der Waals surface area contributed by atoms with Crippen molar-refractivity contribution in [1.29, 1.82) is 0 Å². The molecule has 0 unspecified atom stereocenters. The average molecular weight is 719 g/mol. The minimum absolute atomic E-state index is 0.262. The molecule has 0 radical (unpaired) electrons. The van der Waals surface area contributed by atoms with Gasteiger partial charge in [0.15, 0.2) is 0 Å². The number of aromatic hydroxyl groups is 2. The zero-order chi connectivity index (χ0) is 38.8. The standard InChI is InChI=1S/C42H62N4O6/c1-39(2,3)29-21-27(22-30(35(29)47)40(4,5)6)25-45-37(49)51-33(43-45)19-17-15-13-14-16-18-20-34-44-46(38(50)52-34)26-28-23-31(41(7,8)9)36(48)32(24-28)42(10,11)12/h21-24,47-48H,13-20,25-26H2,1-12H3. The number of aromatic nitrogens is 4. The summed E-state index contributed by atoms with van der Waals surface area (Å²) in [6.07, 6.45) is 6.97. The van der Waals surface area contributed by atoms with Gasteiger partial charge in [0.1, 0.15) is 11.5 Å². The molecule has 0 atom stereocenters. The van der Waals surface area contributed by atoms with Crippen LogP contribution in [-0.4, -0.2) is 29.8 Å². The fourth-order valence-corrected chi connectivity index (χ4v) is 6.56. The largest absolute Gasteiger partial charge is 0.507 e. The fraction of sp³-hybridized carbons (Fsp3) is 0.619. The minimum Gasteiger partial charge on any atom is -0.507 e. The third-order valence-electron chi connectivity index (χ3n) is 9.56. The van der Waals surface area contributed by atoms with Crippen molar-refractivity contribution in [2.45, 2.75) is 169 Å². The van der Waals surface area contributed by atoms with E-state index in [-0.39, 0.29) is 34.7 Å².